The number of nitrogens with zero attached hydrogens (tertiary/aromatic N) is 4. The Bertz CT molecular complexity index is 602. The quantitative estimate of drug-likeness (QED) is 0.450. The summed E-state index contributed by atoms with van der Waals surface area (Å²) in [6.07, 6.45) is 0.451. The third-order valence-electron chi connectivity index (χ3n) is 3.47. The molecule has 0 aromatic heterocycles. The second-order valence-electron chi connectivity index (χ2n) is 4.73. The van der Waals surface area contributed by atoms with Gasteiger partial charge in [-0.15, -0.1) is 4.91 Å². The van der Waals surface area contributed by atoms with Crippen molar-refractivity contribution < 1.29 is 9.85 Å². The van der Waals surface area contributed by atoms with E-state index in [0.717, 1.165) is 5.01 Å². The van der Waals surface area contributed by atoms with Gasteiger partial charge in [-0.25, -0.2) is 5.01 Å². The molecule has 0 bridgehead atoms. The lowest BCUT2D eigenvalue weighted by atomic mass is 10.0. The van der Waals surface area contributed by atoms with Crippen molar-refractivity contribution >= 4 is 17.1 Å². The van der Waals surface area contributed by atoms with Crippen LogP contribution in [-0.2, 0) is 0 Å². The Balaban J connectivity index is 3.81. The van der Waals surface area contributed by atoms with E-state index in [1.165, 1.54) is 13.0 Å². The third-order valence-corrected chi connectivity index (χ3v) is 3.47. The predicted molar refractivity (Wildman–Crippen MR) is 77.3 cm³/mol. The first-order chi connectivity index (χ1) is 9.76. The minimum absolute atomic E-state index is 0.276. The fourth-order valence-corrected chi connectivity index (χ4v) is 1.97. The monoisotopic (exact) mass is 296 g/mol. The highest BCUT2D eigenvalue weighted by Gasteiger charge is 2.35. The van der Waals surface area contributed by atoms with Gasteiger partial charge in [0.2, 0.25) is 5.69 Å². The number of nitro groups is 2. The van der Waals surface area contributed by atoms with Crippen molar-refractivity contribution in [2.75, 3.05) is 5.01 Å². The Morgan fingerprint density at radius 1 is 1.29 bits per heavy atom. The molecule has 21 heavy (non-hydrogen) atoms. The number of nitroso groups, excluding NO2 is 1. The molecule has 0 saturated carbocycles. The zero-order valence-corrected chi connectivity index (χ0v) is 12.2. The molecular weight excluding hydrogens is 280 g/mol. The molecule has 1 aromatic rings. The molecule has 1 atom stereocenters. The number of rotatable bonds is 6. The molecule has 0 aliphatic heterocycles. The largest absolute Gasteiger partial charge is 0.304 e. The smallest absolute Gasteiger partial charge is 0.258 e. The molecule has 0 aliphatic rings. The number of anilines is 1. The summed E-state index contributed by atoms with van der Waals surface area (Å²) in [5.41, 5.74) is -0.631. The van der Waals surface area contributed by atoms with Gasteiger partial charge in [0.15, 0.2) is 0 Å². The molecular formula is C12H16N4O5. The number of hydrogen-bond acceptors (Lipinski definition) is 6. The molecule has 0 heterocycles. The summed E-state index contributed by atoms with van der Waals surface area (Å²) in [5.74, 6) is 0. The zero-order valence-electron chi connectivity index (χ0n) is 12.2. The molecule has 0 spiro atoms. The van der Waals surface area contributed by atoms with E-state index in [1.807, 2.05) is 0 Å². The maximum absolute atomic E-state index is 11.3. The average Bonchev–Trinajstić information content (AvgIpc) is 2.42. The summed E-state index contributed by atoms with van der Waals surface area (Å²) in [5, 5.41) is 26.1. The van der Waals surface area contributed by atoms with E-state index in [1.54, 1.807) is 20.8 Å². The van der Waals surface area contributed by atoms with E-state index < -0.39 is 27.3 Å². The lowest BCUT2D eigenvalue weighted by Gasteiger charge is -2.22. The van der Waals surface area contributed by atoms with E-state index in [0.29, 0.717) is 12.0 Å². The summed E-state index contributed by atoms with van der Waals surface area (Å²) < 4.78 is 0. The molecule has 0 amide bonds. The second-order valence-corrected chi connectivity index (χ2v) is 4.73. The van der Waals surface area contributed by atoms with E-state index >= 15 is 0 Å². The van der Waals surface area contributed by atoms with Crippen LogP contribution < -0.4 is 5.01 Å². The zero-order chi connectivity index (χ0) is 16.3. The Hall–Kier alpha value is -2.58. The summed E-state index contributed by atoms with van der Waals surface area (Å²) in [4.78, 5) is 32.1. The van der Waals surface area contributed by atoms with Crippen LogP contribution in [0.4, 0.5) is 17.1 Å². The van der Waals surface area contributed by atoms with Crippen LogP contribution in [0.3, 0.4) is 0 Å². The molecule has 1 unspecified atom stereocenters. The third kappa shape index (κ3) is 2.96. The molecule has 114 valence electrons. The van der Waals surface area contributed by atoms with Crippen LogP contribution in [0.5, 0.6) is 0 Å². The molecule has 0 radical (unpaired) electrons. The first-order valence-electron chi connectivity index (χ1n) is 6.31. The Labute approximate surface area is 120 Å². The van der Waals surface area contributed by atoms with Crippen LogP contribution in [0.25, 0.3) is 0 Å². The number of benzene rings is 1. The molecule has 1 rings (SSSR count). The van der Waals surface area contributed by atoms with Gasteiger partial charge in [-0.1, -0.05) is 6.92 Å². The van der Waals surface area contributed by atoms with Gasteiger partial charge in [-0.3, -0.25) is 20.2 Å². The summed E-state index contributed by atoms with van der Waals surface area (Å²) in [7, 11) is 0. The molecule has 0 fully saturated rings. The van der Waals surface area contributed by atoms with E-state index in [-0.39, 0.29) is 11.3 Å². The van der Waals surface area contributed by atoms with Crippen molar-refractivity contribution in [3.05, 3.63) is 42.3 Å². The molecule has 9 nitrogen and oxygen atoms in total. The molecule has 0 N–H and O–H groups in total. The van der Waals surface area contributed by atoms with Crippen molar-refractivity contribution in [3.8, 4) is 0 Å². The van der Waals surface area contributed by atoms with Crippen LogP contribution >= 0.6 is 0 Å². The van der Waals surface area contributed by atoms with E-state index in [2.05, 4.69) is 5.29 Å². The van der Waals surface area contributed by atoms with E-state index in [9.17, 15) is 25.1 Å². The van der Waals surface area contributed by atoms with Crippen LogP contribution in [0.2, 0.25) is 0 Å². The SMILES string of the molecule is CCC(C)N(N=O)c1c([N+](=O)[O-])cc(C)c(C)c1[N+](=O)[O-]. The van der Waals surface area contributed by atoms with Gasteiger partial charge in [0, 0.05) is 11.6 Å². The van der Waals surface area contributed by atoms with Gasteiger partial charge >= 0.3 is 11.4 Å². The van der Waals surface area contributed by atoms with Gasteiger partial charge in [0.1, 0.15) is 0 Å². The van der Waals surface area contributed by atoms with Crippen LogP contribution in [0, 0.1) is 39.0 Å². The Kier molecular flexibility index (Phi) is 4.90. The topological polar surface area (TPSA) is 119 Å². The number of hydrogen-bond donors (Lipinski definition) is 0. The first kappa shape index (κ1) is 16.5. The van der Waals surface area contributed by atoms with Crippen molar-refractivity contribution in [1.29, 1.82) is 0 Å². The van der Waals surface area contributed by atoms with Gasteiger partial charge in [-0.2, -0.15) is 0 Å². The van der Waals surface area contributed by atoms with Gasteiger partial charge < -0.3 is 0 Å². The Morgan fingerprint density at radius 2 is 1.86 bits per heavy atom. The lowest BCUT2D eigenvalue weighted by Crippen LogP contribution is -2.28. The van der Waals surface area contributed by atoms with Crippen LogP contribution in [0.15, 0.2) is 11.4 Å². The molecule has 0 saturated heterocycles. The van der Waals surface area contributed by atoms with Crippen LogP contribution in [-0.4, -0.2) is 15.9 Å². The lowest BCUT2D eigenvalue weighted by molar-refractivity contribution is -0.393. The molecule has 9 heteroatoms. The number of nitro benzene ring substituents is 2. The van der Waals surface area contributed by atoms with Crippen molar-refractivity contribution in [2.45, 2.75) is 40.2 Å². The van der Waals surface area contributed by atoms with Crippen molar-refractivity contribution in [3.63, 3.8) is 0 Å². The maximum Gasteiger partial charge on any atom is 0.304 e. The van der Waals surface area contributed by atoms with Gasteiger partial charge in [0.25, 0.3) is 0 Å². The van der Waals surface area contributed by atoms with E-state index in [4.69, 9.17) is 0 Å². The summed E-state index contributed by atoms with van der Waals surface area (Å²) >= 11 is 0. The fraction of sp³-hybridized carbons (Fsp3) is 0.500. The molecule has 1 aromatic carbocycles. The first-order valence-corrected chi connectivity index (χ1v) is 6.31. The highest BCUT2D eigenvalue weighted by atomic mass is 16.6. The summed E-state index contributed by atoms with van der Waals surface area (Å²) in [6, 6.07) is 0.722. The Morgan fingerprint density at radius 3 is 2.24 bits per heavy atom. The highest BCUT2D eigenvalue weighted by Crippen LogP contribution is 2.42. The minimum Gasteiger partial charge on any atom is -0.258 e. The highest BCUT2D eigenvalue weighted by molar-refractivity contribution is 5.78. The average molecular weight is 296 g/mol. The van der Waals surface area contributed by atoms with Crippen molar-refractivity contribution in [1.82, 2.24) is 0 Å². The minimum atomic E-state index is -0.741. The maximum atomic E-state index is 11.3. The predicted octanol–water partition coefficient (Wildman–Crippen LogP) is 3.41. The normalized spacial score (nSPS) is 11.8. The van der Waals surface area contributed by atoms with Crippen LogP contribution in [0.1, 0.15) is 31.4 Å². The second kappa shape index (κ2) is 6.25. The number of aryl methyl sites for hydroxylation is 1. The fourth-order valence-electron chi connectivity index (χ4n) is 1.97. The van der Waals surface area contributed by atoms with Gasteiger partial charge in [0.05, 0.1) is 21.2 Å². The van der Waals surface area contributed by atoms with Gasteiger partial charge in [-0.05, 0) is 32.8 Å². The molecule has 0 aliphatic carbocycles. The summed E-state index contributed by atoms with van der Waals surface area (Å²) in [6.45, 7) is 6.40. The standard InChI is InChI=1S/C12H16N4O5/c1-5-8(3)14(13-17)12-10(15(18)19)6-7(2)9(4)11(12)16(20)21/h6,8H,5H2,1-4H3. The van der Waals surface area contributed by atoms with Crippen molar-refractivity contribution in [2.24, 2.45) is 5.29 Å².